The molecule has 0 amide bonds. The predicted octanol–water partition coefficient (Wildman–Crippen LogP) is 3.86. The number of allylic oxidation sites excluding steroid dienone is 5. The van der Waals surface area contributed by atoms with Crippen molar-refractivity contribution in [1.29, 1.82) is 5.26 Å². The van der Waals surface area contributed by atoms with Gasteiger partial charge in [0.2, 0.25) is 0 Å². The first-order valence-electron chi connectivity index (χ1n) is 9.15. The molecule has 1 saturated carbocycles. The van der Waals surface area contributed by atoms with Crippen LogP contribution in [0.4, 0.5) is 0 Å². The number of carbonyl (C=O) groups is 1. The Morgan fingerprint density at radius 2 is 2.21 bits per heavy atom. The van der Waals surface area contributed by atoms with Crippen LogP contribution in [0.5, 0.6) is 0 Å². The molecule has 24 heavy (non-hydrogen) atoms. The molecule has 3 heteroatoms. The first-order chi connectivity index (χ1) is 11.4. The van der Waals surface area contributed by atoms with Gasteiger partial charge in [0.25, 0.3) is 0 Å². The molecule has 0 aromatic rings. The molecule has 0 unspecified atom stereocenters. The highest BCUT2D eigenvalue weighted by atomic mass is 16.3. The first-order valence-corrected chi connectivity index (χ1v) is 9.15. The van der Waals surface area contributed by atoms with Gasteiger partial charge in [-0.3, -0.25) is 4.79 Å². The van der Waals surface area contributed by atoms with Gasteiger partial charge >= 0.3 is 0 Å². The third kappa shape index (κ3) is 1.96. The smallest absolute Gasteiger partial charge is 0.156 e. The number of nitriles is 1. The molecule has 0 aliphatic heterocycles. The third-order valence-corrected chi connectivity index (χ3v) is 7.26. The van der Waals surface area contributed by atoms with Gasteiger partial charge in [-0.1, -0.05) is 26.0 Å². The summed E-state index contributed by atoms with van der Waals surface area (Å²) in [5.74, 6) is 1.55. The highest BCUT2D eigenvalue weighted by molar-refractivity contribution is 5.93. The maximum atomic E-state index is 11.8. The van der Waals surface area contributed by atoms with Crippen molar-refractivity contribution in [3.8, 4) is 6.07 Å². The van der Waals surface area contributed by atoms with Gasteiger partial charge in [-0.2, -0.15) is 5.26 Å². The molecule has 0 aromatic carbocycles. The zero-order chi connectivity index (χ0) is 17.1. The Labute approximate surface area is 143 Å². The quantitative estimate of drug-likeness (QED) is 0.797. The molecule has 1 fully saturated rings. The molecule has 0 heterocycles. The monoisotopic (exact) mass is 323 g/mol. The Bertz CT molecular complexity index is 737. The molecule has 0 radical (unpaired) electrons. The average molecular weight is 323 g/mol. The zero-order valence-electron chi connectivity index (χ0n) is 14.5. The van der Waals surface area contributed by atoms with E-state index < -0.39 is 5.60 Å². The minimum Gasteiger partial charge on any atom is -0.388 e. The lowest BCUT2D eigenvalue weighted by Gasteiger charge is -2.50. The van der Waals surface area contributed by atoms with Crippen LogP contribution in [0.1, 0.15) is 52.4 Å². The van der Waals surface area contributed by atoms with Crippen LogP contribution in [-0.2, 0) is 4.79 Å². The molecular weight excluding hydrogens is 298 g/mol. The van der Waals surface area contributed by atoms with Gasteiger partial charge in [-0.25, -0.2) is 0 Å². The molecule has 126 valence electrons. The summed E-state index contributed by atoms with van der Waals surface area (Å²) in [6.45, 7) is 4.42. The van der Waals surface area contributed by atoms with Gasteiger partial charge in [0, 0.05) is 11.8 Å². The second-order valence-electron chi connectivity index (χ2n) is 8.40. The van der Waals surface area contributed by atoms with Gasteiger partial charge in [0.1, 0.15) is 0 Å². The Morgan fingerprint density at radius 1 is 1.42 bits per heavy atom. The van der Waals surface area contributed by atoms with Crippen LogP contribution in [0, 0.1) is 34.5 Å². The van der Waals surface area contributed by atoms with E-state index in [0.717, 1.165) is 19.3 Å². The summed E-state index contributed by atoms with van der Waals surface area (Å²) < 4.78 is 0. The number of nitrogens with zero attached hydrogens (tertiary/aromatic N) is 1. The van der Waals surface area contributed by atoms with Crippen LogP contribution in [0.25, 0.3) is 0 Å². The van der Waals surface area contributed by atoms with Crippen molar-refractivity contribution in [1.82, 2.24) is 0 Å². The number of rotatable bonds is 1. The van der Waals surface area contributed by atoms with E-state index in [1.165, 1.54) is 16.7 Å². The highest BCUT2D eigenvalue weighted by Gasteiger charge is 2.60. The number of hydrogen-bond donors (Lipinski definition) is 1. The van der Waals surface area contributed by atoms with Crippen LogP contribution < -0.4 is 0 Å². The molecule has 0 aromatic heterocycles. The fourth-order valence-electron chi connectivity index (χ4n) is 5.89. The van der Waals surface area contributed by atoms with Crippen LogP contribution in [-0.4, -0.2) is 16.5 Å². The molecule has 1 N–H and O–H groups in total. The van der Waals surface area contributed by atoms with E-state index in [2.05, 4.69) is 32.1 Å². The first kappa shape index (κ1) is 15.8. The van der Waals surface area contributed by atoms with Crippen molar-refractivity contribution < 1.29 is 9.90 Å². The summed E-state index contributed by atoms with van der Waals surface area (Å²) in [6, 6.07) is 2.20. The lowest BCUT2D eigenvalue weighted by molar-refractivity contribution is -0.114. The van der Waals surface area contributed by atoms with E-state index >= 15 is 0 Å². The third-order valence-electron chi connectivity index (χ3n) is 7.26. The molecule has 4 aliphatic rings. The fraction of sp³-hybridized carbons (Fsp3) is 0.619. The van der Waals surface area contributed by atoms with Crippen molar-refractivity contribution in [2.24, 2.45) is 23.2 Å². The van der Waals surface area contributed by atoms with E-state index in [4.69, 9.17) is 0 Å². The highest BCUT2D eigenvalue weighted by Crippen LogP contribution is 2.62. The molecule has 4 aliphatic carbocycles. The molecule has 0 saturated heterocycles. The Kier molecular flexibility index (Phi) is 3.41. The fourth-order valence-corrected chi connectivity index (χ4v) is 5.89. The maximum absolute atomic E-state index is 11.8. The molecule has 5 atom stereocenters. The number of hydrogen-bond acceptors (Lipinski definition) is 3. The second-order valence-corrected chi connectivity index (χ2v) is 8.40. The van der Waals surface area contributed by atoms with Gasteiger partial charge in [0.05, 0.1) is 18.1 Å². The Balaban J connectivity index is 1.83. The number of ketones is 1. The normalized spacial score (nSPS) is 43.7. The number of fused-ring (bicyclic) bond motifs is 4. The van der Waals surface area contributed by atoms with Crippen molar-refractivity contribution in [2.75, 3.05) is 0 Å². The number of aliphatic hydroxyl groups is 1. The molecule has 4 rings (SSSR count). The van der Waals surface area contributed by atoms with Gasteiger partial charge in [-0.05, 0) is 66.2 Å². The van der Waals surface area contributed by atoms with Crippen LogP contribution in [0.15, 0.2) is 34.9 Å². The summed E-state index contributed by atoms with van der Waals surface area (Å²) in [5.41, 5.74) is 2.79. The van der Waals surface area contributed by atoms with Crippen molar-refractivity contribution >= 4 is 5.78 Å². The Hall–Kier alpha value is -1.66. The lowest BCUT2D eigenvalue weighted by Crippen LogP contribution is -2.48. The zero-order valence-corrected chi connectivity index (χ0v) is 14.5. The van der Waals surface area contributed by atoms with Crippen molar-refractivity contribution in [3.63, 3.8) is 0 Å². The SMILES string of the molecule is C[C@@H]1CC2=CC(=O)CCC2=C2C=C[C@@]3(C)[C@@H](CC[C@@]3(O)CC#N)[C@@H]21. The van der Waals surface area contributed by atoms with Gasteiger partial charge in [0.15, 0.2) is 5.78 Å². The average Bonchev–Trinajstić information content (AvgIpc) is 2.79. The lowest BCUT2D eigenvalue weighted by atomic mass is 9.55. The molecular formula is C21H25NO2. The van der Waals surface area contributed by atoms with Crippen molar-refractivity contribution in [3.05, 3.63) is 34.9 Å². The van der Waals surface area contributed by atoms with Gasteiger partial charge in [-0.15, -0.1) is 0 Å². The summed E-state index contributed by atoms with van der Waals surface area (Å²) in [5, 5.41) is 20.3. The van der Waals surface area contributed by atoms with Crippen LogP contribution in [0.2, 0.25) is 0 Å². The van der Waals surface area contributed by atoms with Crippen LogP contribution in [0.3, 0.4) is 0 Å². The van der Waals surface area contributed by atoms with Crippen molar-refractivity contribution in [2.45, 2.75) is 58.0 Å². The largest absolute Gasteiger partial charge is 0.388 e. The second kappa shape index (κ2) is 5.17. The minimum atomic E-state index is -0.905. The summed E-state index contributed by atoms with van der Waals surface area (Å²) in [4.78, 5) is 11.8. The Morgan fingerprint density at radius 3 is 2.96 bits per heavy atom. The topological polar surface area (TPSA) is 61.1 Å². The predicted molar refractivity (Wildman–Crippen MR) is 91.8 cm³/mol. The van der Waals surface area contributed by atoms with E-state index in [1.54, 1.807) is 0 Å². The minimum absolute atomic E-state index is 0.205. The van der Waals surface area contributed by atoms with Crippen LogP contribution >= 0.6 is 0 Å². The summed E-state index contributed by atoms with van der Waals surface area (Å²) in [7, 11) is 0. The van der Waals surface area contributed by atoms with E-state index in [9.17, 15) is 15.2 Å². The summed E-state index contributed by atoms with van der Waals surface area (Å²) in [6.07, 6.45) is 10.6. The van der Waals surface area contributed by atoms with E-state index in [-0.39, 0.29) is 17.6 Å². The maximum Gasteiger partial charge on any atom is 0.156 e. The molecule has 3 nitrogen and oxygen atoms in total. The van der Waals surface area contributed by atoms with E-state index in [1.807, 2.05) is 6.08 Å². The molecule has 0 spiro atoms. The van der Waals surface area contributed by atoms with E-state index in [0.29, 0.717) is 30.6 Å². The standard InChI is InChI=1S/C21H25NO2/c1-13-11-14-12-15(23)3-4-16(14)17-5-7-20(2)18(19(13)17)6-8-21(20,24)9-10-22/h5,7,12-13,18-19,24H,3-4,6,8-9,11H2,1-2H3/t13-,18+,19-,20+,21-/m1/s1. The number of carbonyl (C=O) groups excluding carboxylic acids is 1. The summed E-state index contributed by atoms with van der Waals surface area (Å²) >= 11 is 0. The molecule has 0 bridgehead atoms. The van der Waals surface area contributed by atoms with Gasteiger partial charge < -0.3 is 5.11 Å².